The van der Waals surface area contributed by atoms with E-state index < -0.39 is 11.9 Å². The van der Waals surface area contributed by atoms with Gasteiger partial charge in [0.1, 0.15) is 6.04 Å². The second-order valence-corrected chi connectivity index (χ2v) is 4.76. The minimum Gasteiger partial charge on any atom is -0.354 e. The minimum atomic E-state index is -0.640. The molecule has 0 radical (unpaired) electrons. The molecule has 6 nitrogen and oxygen atoms in total. The van der Waals surface area contributed by atoms with Gasteiger partial charge < -0.3 is 16.1 Å². The Hall–Kier alpha value is -1.79. The Bertz CT molecular complexity index is 493. The van der Waals surface area contributed by atoms with Gasteiger partial charge in [-0.05, 0) is 31.5 Å². The monoisotopic (exact) mass is 298 g/mol. The van der Waals surface area contributed by atoms with Gasteiger partial charge in [-0.25, -0.2) is 0 Å². The van der Waals surface area contributed by atoms with Crippen LogP contribution in [0.15, 0.2) is 18.2 Å². The van der Waals surface area contributed by atoms with Gasteiger partial charge in [-0.3, -0.25) is 15.4 Å². The maximum absolute atomic E-state index is 12.1. The third-order valence-electron chi connectivity index (χ3n) is 2.67. The molecule has 0 saturated carbocycles. The van der Waals surface area contributed by atoms with Gasteiger partial charge >= 0.3 is 0 Å². The molecule has 0 aliphatic carbocycles. The number of hydrogen-bond acceptors (Lipinski definition) is 4. The zero-order valence-corrected chi connectivity index (χ0v) is 12.3. The summed E-state index contributed by atoms with van der Waals surface area (Å²) in [5, 5.41) is 5.72. The van der Waals surface area contributed by atoms with E-state index >= 15 is 0 Å². The zero-order valence-electron chi connectivity index (χ0n) is 11.5. The Morgan fingerprint density at radius 1 is 1.40 bits per heavy atom. The van der Waals surface area contributed by atoms with E-state index in [1.807, 2.05) is 6.92 Å². The highest BCUT2D eigenvalue weighted by Gasteiger charge is 2.18. The van der Waals surface area contributed by atoms with Crippen LogP contribution >= 0.6 is 11.6 Å². The molecular weight excluding hydrogens is 280 g/mol. The van der Waals surface area contributed by atoms with Gasteiger partial charge in [-0.2, -0.15) is 0 Å². The van der Waals surface area contributed by atoms with Crippen LogP contribution in [0.5, 0.6) is 0 Å². The fraction of sp³-hybridized carbons (Fsp3) is 0.385. The van der Waals surface area contributed by atoms with Gasteiger partial charge in [0.2, 0.25) is 5.91 Å². The summed E-state index contributed by atoms with van der Waals surface area (Å²) in [7, 11) is 0. The van der Waals surface area contributed by atoms with Crippen molar-refractivity contribution in [2.45, 2.75) is 26.3 Å². The van der Waals surface area contributed by atoms with Gasteiger partial charge in [-0.15, -0.1) is 0 Å². The predicted molar refractivity (Wildman–Crippen MR) is 79.5 cm³/mol. The van der Waals surface area contributed by atoms with E-state index in [1.54, 1.807) is 19.1 Å². The van der Waals surface area contributed by atoms with Crippen molar-refractivity contribution in [2.75, 3.05) is 12.0 Å². The highest BCUT2D eigenvalue weighted by molar-refractivity contribution is 6.31. The fourth-order valence-corrected chi connectivity index (χ4v) is 1.74. The third-order valence-corrected chi connectivity index (χ3v) is 2.91. The molecule has 0 bridgehead atoms. The minimum absolute atomic E-state index is 0.232. The first kappa shape index (κ1) is 16.3. The van der Waals surface area contributed by atoms with Crippen LogP contribution in [-0.4, -0.2) is 24.4 Å². The van der Waals surface area contributed by atoms with E-state index in [9.17, 15) is 9.59 Å². The summed E-state index contributed by atoms with van der Waals surface area (Å²) >= 11 is 5.86. The first-order valence-electron chi connectivity index (χ1n) is 6.34. The molecule has 0 heterocycles. The smallest absolute Gasteiger partial charge is 0.254 e. The summed E-state index contributed by atoms with van der Waals surface area (Å²) in [6.07, 6.45) is 0.835. The zero-order chi connectivity index (χ0) is 15.1. The Morgan fingerprint density at radius 3 is 2.70 bits per heavy atom. The first-order valence-corrected chi connectivity index (χ1v) is 6.72. The predicted octanol–water partition coefficient (Wildman–Crippen LogP) is 1.27. The van der Waals surface area contributed by atoms with E-state index in [0.29, 0.717) is 17.3 Å². The van der Waals surface area contributed by atoms with Crippen LogP contribution in [0.25, 0.3) is 0 Å². The number of carbonyl (C=O) groups excluding carboxylic acids is 2. The lowest BCUT2D eigenvalue weighted by Crippen LogP contribution is -2.45. The van der Waals surface area contributed by atoms with Crippen molar-refractivity contribution in [1.82, 2.24) is 10.6 Å². The molecule has 1 atom stereocenters. The Balaban J connectivity index is 2.75. The molecule has 7 heteroatoms. The molecule has 0 aromatic heterocycles. The van der Waals surface area contributed by atoms with Crippen LogP contribution in [-0.2, 0) is 4.79 Å². The van der Waals surface area contributed by atoms with Crippen LogP contribution in [0.4, 0.5) is 5.69 Å². The van der Waals surface area contributed by atoms with E-state index in [0.717, 1.165) is 6.42 Å². The first-order chi connectivity index (χ1) is 9.49. The highest BCUT2D eigenvalue weighted by Crippen LogP contribution is 2.19. The number of amides is 2. The standard InChI is InChI=1S/C13H19ClN4O2/c1-3-6-16-12(19)8(2)17-13(20)10-7-9(14)4-5-11(10)18-15/h4-5,7-8,18H,3,6,15H2,1-2H3,(H,16,19)(H,17,20). The number of benzene rings is 1. The second-order valence-electron chi connectivity index (χ2n) is 4.32. The van der Waals surface area contributed by atoms with Crippen LogP contribution in [0.3, 0.4) is 0 Å². The van der Waals surface area contributed by atoms with Crippen molar-refractivity contribution in [3.05, 3.63) is 28.8 Å². The van der Waals surface area contributed by atoms with Gasteiger partial charge in [0.15, 0.2) is 0 Å². The number of carbonyl (C=O) groups is 2. The Morgan fingerprint density at radius 2 is 2.10 bits per heavy atom. The number of anilines is 1. The third kappa shape index (κ3) is 4.40. The van der Waals surface area contributed by atoms with E-state index in [1.165, 1.54) is 6.07 Å². The van der Waals surface area contributed by atoms with Crippen LogP contribution in [0.2, 0.25) is 5.02 Å². The van der Waals surface area contributed by atoms with Crippen LogP contribution in [0.1, 0.15) is 30.6 Å². The molecule has 2 amide bonds. The molecule has 1 rings (SSSR count). The summed E-state index contributed by atoms with van der Waals surface area (Å²) in [5.41, 5.74) is 3.15. The molecule has 1 aromatic carbocycles. The number of nitrogens with two attached hydrogens (primary N) is 1. The average Bonchev–Trinajstić information content (AvgIpc) is 2.44. The Labute approximate surface area is 123 Å². The second kappa shape index (κ2) is 7.72. The number of nitrogens with one attached hydrogen (secondary N) is 3. The quantitative estimate of drug-likeness (QED) is 0.470. The van der Waals surface area contributed by atoms with Crippen molar-refractivity contribution in [3.63, 3.8) is 0 Å². The molecule has 0 aliphatic heterocycles. The summed E-state index contributed by atoms with van der Waals surface area (Å²) in [5.74, 6) is 4.69. The summed E-state index contributed by atoms with van der Waals surface area (Å²) < 4.78 is 0. The van der Waals surface area contributed by atoms with Crippen molar-refractivity contribution < 1.29 is 9.59 Å². The molecule has 5 N–H and O–H groups in total. The van der Waals surface area contributed by atoms with E-state index in [4.69, 9.17) is 17.4 Å². The van der Waals surface area contributed by atoms with Gasteiger partial charge in [0.05, 0.1) is 11.3 Å². The van der Waals surface area contributed by atoms with Crippen LogP contribution < -0.4 is 21.9 Å². The summed E-state index contributed by atoms with van der Waals surface area (Å²) in [6.45, 7) is 4.14. The van der Waals surface area contributed by atoms with Crippen molar-refractivity contribution in [2.24, 2.45) is 5.84 Å². The van der Waals surface area contributed by atoms with Crippen LogP contribution in [0, 0.1) is 0 Å². The summed E-state index contributed by atoms with van der Waals surface area (Å²) in [4.78, 5) is 23.8. The molecule has 1 aromatic rings. The number of hydrogen-bond donors (Lipinski definition) is 4. The van der Waals surface area contributed by atoms with E-state index in [-0.39, 0.29) is 11.5 Å². The van der Waals surface area contributed by atoms with Gasteiger partial charge in [-0.1, -0.05) is 18.5 Å². The van der Waals surface area contributed by atoms with Crippen molar-refractivity contribution in [1.29, 1.82) is 0 Å². The normalized spacial score (nSPS) is 11.6. The number of rotatable bonds is 6. The summed E-state index contributed by atoms with van der Waals surface area (Å²) in [6, 6.07) is 4.06. The molecule has 0 saturated heterocycles. The lowest BCUT2D eigenvalue weighted by Gasteiger charge is -2.15. The number of halogens is 1. The topological polar surface area (TPSA) is 96.2 Å². The molecule has 20 heavy (non-hydrogen) atoms. The SMILES string of the molecule is CCCNC(=O)C(C)NC(=O)c1cc(Cl)ccc1NN. The molecule has 0 spiro atoms. The van der Waals surface area contributed by atoms with Crippen molar-refractivity contribution in [3.8, 4) is 0 Å². The highest BCUT2D eigenvalue weighted by atomic mass is 35.5. The maximum Gasteiger partial charge on any atom is 0.254 e. The fourth-order valence-electron chi connectivity index (χ4n) is 1.57. The molecule has 0 fully saturated rings. The van der Waals surface area contributed by atoms with E-state index in [2.05, 4.69) is 16.1 Å². The number of nitrogen functional groups attached to an aromatic ring is 1. The Kier molecular flexibility index (Phi) is 6.27. The largest absolute Gasteiger partial charge is 0.354 e. The van der Waals surface area contributed by atoms with Crippen molar-refractivity contribution >= 4 is 29.1 Å². The molecular formula is C13H19ClN4O2. The molecule has 0 aliphatic rings. The molecule has 1 unspecified atom stereocenters. The van der Waals surface area contributed by atoms with Gasteiger partial charge in [0, 0.05) is 11.6 Å². The number of hydrazine groups is 1. The maximum atomic E-state index is 12.1. The lowest BCUT2D eigenvalue weighted by atomic mass is 10.1. The lowest BCUT2D eigenvalue weighted by molar-refractivity contribution is -0.122. The van der Waals surface area contributed by atoms with Gasteiger partial charge in [0.25, 0.3) is 5.91 Å². The average molecular weight is 299 g/mol. The molecule has 110 valence electrons.